The smallest absolute Gasteiger partial charge is 0.251 e. The third-order valence-electron chi connectivity index (χ3n) is 3.45. The average molecular weight is 278 g/mol. The summed E-state index contributed by atoms with van der Waals surface area (Å²) >= 11 is 0. The van der Waals surface area contributed by atoms with Crippen LogP contribution in [0, 0.1) is 0 Å². The highest BCUT2D eigenvalue weighted by molar-refractivity contribution is 5.94. The monoisotopic (exact) mass is 278 g/mol. The first-order chi connectivity index (χ1) is 9.74. The maximum atomic E-state index is 11.9. The molecule has 20 heavy (non-hydrogen) atoms. The lowest BCUT2D eigenvalue weighted by Crippen LogP contribution is -2.29. The Morgan fingerprint density at radius 1 is 1.35 bits per heavy atom. The van der Waals surface area contributed by atoms with E-state index in [1.165, 1.54) is 12.8 Å². The van der Waals surface area contributed by atoms with E-state index in [9.17, 15) is 4.79 Å². The van der Waals surface area contributed by atoms with Crippen molar-refractivity contribution in [1.82, 2.24) is 5.32 Å². The second-order valence-corrected chi connectivity index (χ2v) is 4.93. The Kier molecular flexibility index (Phi) is 5.24. The van der Waals surface area contributed by atoms with E-state index in [-0.39, 0.29) is 12.0 Å². The molecule has 0 aliphatic heterocycles. The van der Waals surface area contributed by atoms with Crippen LogP contribution in [0.3, 0.4) is 0 Å². The van der Waals surface area contributed by atoms with E-state index in [1.807, 2.05) is 0 Å². The van der Waals surface area contributed by atoms with Crippen molar-refractivity contribution >= 4 is 5.91 Å². The van der Waals surface area contributed by atoms with Crippen molar-refractivity contribution in [3.05, 3.63) is 23.8 Å². The minimum Gasteiger partial charge on any atom is -0.493 e. The minimum absolute atomic E-state index is 0.152. The molecule has 1 saturated carbocycles. The normalized spacial score (nSPS) is 15.1. The van der Waals surface area contributed by atoms with Crippen LogP contribution in [0.2, 0.25) is 0 Å². The van der Waals surface area contributed by atoms with Gasteiger partial charge in [-0.05, 0) is 43.9 Å². The fourth-order valence-corrected chi connectivity index (χ4v) is 2.38. The lowest BCUT2D eigenvalue weighted by molar-refractivity contribution is 0.0954. The first kappa shape index (κ1) is 14.7. The molecule has 0 heterocycles. The summed E-state index contributed by atoms with van der Waals surface area (Å²) in [5.74, 6) is 1.15. The van der Waals surface area contributed by atoms with Gasteiger partial charge in [-0.25, -0.2) is 0 Å². The molecule has 0 bridgehead atoms. The quantitative estimate of drug-likeness (QED) is 0.830. The predicted molar refractivity (Wildman–Crippen MR) is 77.3 cm³/mol. The molecule has 0 spiro atoms. The van der Waals surface area contributed by atoms with Gasteiger partial charge in [0.25, 0.3) is 5.91 Å². The number of nitrogens with two attached hydrogens (primary N) is 1. The molecule has 0 saturated heterocycles. The second-order valence-electron chi connectivity index (χ2n) is 4.93. The third kappa shape index (κ3) is 3.63. The Labute approximate surface area is 119 Å². The van der Waals surface area contributed by atoms with Crippen molar-refractivity contribution in [2.24, 2.45) is 5.73 Å². The molecule has 1 fully saturated rings. The van der Waals surface area contributed by atoms with Gasteiger partial charge in [0.2, 0.25) is 0 Å². The summed E-state index contributed by atoms with van der Waals surface area (Å²) in [6, 6.07) is 5.25. The molecule has 3 N–H and O–H groups in total. The van der Waals surface area contributed by atoms with Crippen molar-refractivity contribution < 1.29 is 14.3 Å². The molecular weight excluding hydrogens is 256 g/mol. The number of rotatable bonds is 6. The molecule has 5 heteroatoms. The first-order valence-corrected chi connectivity index (χ1v) is 7.07. The zero-order valence-electron chi connectivity index (χ0n) is 11.9. The number of methoxy groups -OCH3 is 1. The summed E-state index contributed by atoms with van der Waals surface area (Å²) in [5.41, 5.74) is 5.92. The predicted octanol–water partition coefficient (Wildman–Crippen LogP) is 1.71. The topological polar surface area (TPSA) is 73.6 Å². The zero-order chi connectivity index (χ0) is 14.4. The summed E-state index contributed by atoms with van der Waals surface area (Å²) in [7, 11) is 1.58. The van der Waals surface area contributed by atoms with E-state index < -0.39 is 0 Å². The van der Waals surface area contributed by atoms with Gasteiger partial charge >= 0.3 is 0 Å². The molecule has 0 radical (unpaired) electrons. The number of hydrogen-bond donors (Lipinski definition) is 2. The molecule has 5 nitrogen and oxygen atoms in total. The highest BCUT2D eigenvalue weighted by atomic mass is 16.5. The molecule has 110 valence electrons. The van der Waals surface area contributed by atoms with Gasteiger partial charge in [-0.1, -0.05) is 0 Å². The van der Waals surface area contributed by atoms with Crippen LogP contribution in [0.25, 0.3) is 0 Å². The maximum Gasteiger partial charge on any atom is 0.251 e. The molecule has 0 unspecified atom stereocenters. The highest BCUT2D eigenvalue weighted by Gasteiger charge is 2.19. The summed E-state index contributed by atoms with van der Waals surface area (Å²) in [6.07, 6.45) is 4.86. The lowest BCUT2D eigenvalue weighted by atomic mass is 10.2. The van der Waals surface area contributed by atoms with Gasteiger partial charge in [-0.2, -0.15) is 0 Å². The number of nitrogens with one attached hydrogen (secondary N) is 1. The molecule has 1 amide bonds. The fourth-order valence-electron chi connectivity index (χ4n) is 2.38. The largest absolute Gasteiger partial charge is 0.493 e. The van der Waals surface area contributed by atoms with Gasteiger partial charge in [-0.15, -0.1) is 0 Å². The molecule has 0 atom stereocenters. The maximum absolute atomic E-state index is 11.9. The van der Waals surface area contributed by atoms with Crippen LogP contribution in [0.1, 0.15) is 36.0 Å². The van der Waals surface area contributed by atoms with E-state index in [0.29, 0.717) is 30.2 Å². The van der Waals surface area contributed by atoms with Gasteiger partial charge < -0.3 is 20.5 Å². The molecule has 2 rings (SSSR count). The average Bonchev–Trinajstić information content (AvgIpc) is 2.98. The van der Waals surface area contributed by atoms with E-state index in [0.717, 1.165) is 12.8 Å². The first-order valence-electron chi connectivity index (χ1n) is 7.07. The molecule has 1 aromatic rings. The molecule has 1 aliphatic carbocycles. The van der Waals surface area contributed by atoms with E-state index in [4.69, 9.17) is 15.2 Å². The standard InChI is InChI=1S/C15H22N2O3/c1-19-14-10-11(15(18)17-9-8-16)6-7-13(14)20-12-4-2-3-5-12/h6-7,10,12H,2-5,8-9,16H2,1H3,(H,17,18). The van der Waals surface area contributed by atoms with E-state index in [2.05, 4.69) is 5.32 Å². The van der Waals surface area contributed by atoms with Gasteiger partial charge in [0.15, 0.2) is 11.5 Å². The zero-order valence-corrected chi connectivity index (χ0v) is 11.9. The summed E-state index contributed by atoms with van der Waals surface area (Å²) in [5, 5.41) is 2.73. The number of carbonyl (C=O) groups is 1. The number of amides is 1. The summed E-state index contributed by atoms with van der Waals surface area (Å²) in [4.78, 5) is 11.9. The number of benzene rings is 1. The highest BCUT2D eigenvalue weighted by Crippen LogP contribution is 2.32. The minimum atomic E-state index is -0.152. The van der Waals surface area contributed by atoms with Crippen LogP contribution in [-0.4, -0.2) is 32.2 Å². The van der Waals surface area contributed by atoms with Gasteiger partial charge in [0.05, 0.1) is 13.2 Å². The number of ether oxygens (including phenoxy) is 2. The van der Waals surface area contributed by atoms with Crippen LogP contribution in [0.5, 0.6) is 11.5 Å². The van der Waals surface area contributed by atoms with Crippen LogP contribution >= 0.6 is 0 Å². The van der Waals surface area contributed by atoms with Crippen molar-refractivity contribution in [1.29, 1.82) is 0 Å². The van der Waals surface area contributed by atoms with Gasteiger partial charge in [-0.3, -0.25) is 4.79 Å². The van der Waals surface area contributed by atoms with Crippen LogP contribution in [0.4, 0.5) is 0 Å². The van der Waals surface area contributed by atoms with Gasteiger partial charge in [0, 0.05) is 18.7 Å². The van der Waals surface area contributed by atoms with Crippen LogP contribution in [0.15, 0.2) is 18.2 Å². The fraction of sp³-hybridized carbons (Fsp3) is 0.533. The molecule has 1 aromatic carbocycles. The second kappa shape index (κ2) is 7.14. The summed E-state index contributed by atoms with van der Waals surface area (Å²) < 4.78 is 11.3. The molecule has 0 aromatic heterocycles. The Bertz CT molecular complexity index is 456. The van der Waals surface area contributed by atoms with Crippen LogP contribution < -0.4 is 20.5 Å². The third-order valence-corrected chi connectivity index (χ3v) is 3.45. The van der Waals surface area contributed by atoms with E-state index in [1.54, 1.807) is 25.3 Å². The Balaban J connectivity index is 2.08. The number of carbonyl (C=O) groups excluding carboxylic acids is 1. The Morgan fingerprint density at radius 2 is 2.10 bits per heavy atom. The van der Waals surface area contributed by atoms with Crippen molar-refractivity contribution in [3.8, 4) is 11.5 Å². The van der Waals surface area contributed by atoms with Crippen molar-refractivity contribution in [2.75, 3.05) is 20.2 Å². The number of hydrogen-bond acceptors (Lipinski definition) is 4. The Hall–Kier alpha value is -1.75. The van der Waals surface area contributed by atoms with Crippen molar-refractivity contribution in [2.45, 2.75) is 31.8 Å². The lowest BCUT2D eigenvalue weighted by Gasteiger charge is -2.16. The Morgan fingerprint density at radius 3 is 2.75 bits per heavy atom. The molecule has 1 aliphatic rings. The SMILES string of the molecule is COc1cc(C(=O)NCCN)ccc1OC1CCCC1. The van der Waals surface area contributed by atoms with Crippen LogP contribution in [-0.2, 0) is 0 Å². The summed E-state index contributed by atoms with van der Waals surface area (Å²) in [6.45, 7) is 0.882. The molecular formula is C15H22N2O3. The van der Waals surface area contributed by atoms with Crippen molar-refractivity contribution in [3.63, 3.8) is 0 Å². The van der Waals surface area contributed by atoms with Gasteiger partial charge in [0.1, 0.15) is 0 Å². The van der Waals surface area contributed by atoms with E-state index >= 15 is 0 Å².